The molecule has 31 heavy (non-hydrogen) atoms. The summed E-state index contributed by atoms with van der Waals surface area (Å²) in [5, 5.41) is 4.11. The second-order valence-corrected chi connectivity index (χ2v) is 7.63. The Balaban J connectivity index is 1.47. The van der Waals surface area contributed by atoms with Crippen molar-refractivity contribution < 1.29 is 9.53 Å². The average Bonchev–Trinajstić information content (AvgIpc) is 3.22. The van der Waals surface area contributed by atoms with E-state index in [9.17, 15) is 4.79 Å². The molecule has 0 aliphatic rings. The number of imidazole rings is 1. The summed E-state index contributed by atoms with van der Waals surface area (Å²) in [6, 6.07) is 22.8. The number of hydrogen-bond donors (Lipinski definition) is 2. The number of hydrogen-bond acceptors (Lipinski definition) is 4. The van der Waals surface area contributed by atoms with Gasteiger partial charge in [-0.1, -0.05) is 56.3 Å². The van der Waals surface area contributed by atoms with Crippen molar-refractivity contribution in [3.05, 3.63) is 83.9 Å². The Hall–Kier alpha value is -3.93. The Morgan fingerprint density at radius 3 is 2.68 bits per heavy atom. The van der Waals surface area contributed by atoms with Crippen LogP contribution in [-0.2, 0) is 0 Å². The number of aromatic nitrogens is 2. The molecule has 0 aliphatic carbocycles. The molecule has 6 nitrogen and oxygen atoms in total. The van der Waals surface area contributed by atoms with Gasteiger partial charge in [0.15, 0.2) is 0 Å². The van der Waals surface area contributed by atoms with Crippen molar-refractivity contribution in [2.24, 2.45) is 11.0 Å². The van der Waals surface area contributed by atoms with Crippen LogP contribution in [0.5, 0.6) is 5.75 Å². The maximum absolute atomic E-state index is 12.6. The fourth-order valence-corrected chi connectivity index (χ4v) is 3.08. The molecule has 0 unspecified atom stereocenters. The lowest BCUT2D eigenvalue weighted by atomic mass is 10.2. The van der Waals surface area contributed by atoms with Crippen molar-refractivity contribution in [3.8, 4) is 17.1 Å². The first-order valence-corrected chi connectivity index (χ1v) is 10.2. The number of aromatic amines is 1. The number of fused-ring (bicyclic) bond motifs is 1. The molecule has 0 radical (unpaired) electrons. The Bertz CT molecular complexity index is 1210. The fraction of sp³-hybridized carbons (Fsp3) is 0.160. The van der Waals surface area contributed by atoms with Crippen molar-refractivity contribution in [1.82, 2.24) is 15.4 Å². The molecule has 6 heteroatoms. The fourth-order valence-electron chi connectivity index (χ4n) is 3.08. The third-order valence-electron chi connectivity index (χ3n) is 4.65. The van der Waals surface area contributed by atoms with Crippen LogP contribution in [-0.4, -0.2) is 28.7 Å². The molecule has 0 bridgehead atoms. The molecule has 156 valence electrons. The topological polar surface area (TPSA) is 79.4 Å². The van der Waals surface area contributed by atoms with Gasteiger partial charge in [-0.25, -0.2) is 10.4 Å². The average molecular weight is 412 g/mol. The zero-order valence-electron chi connectivity index (χ0n) is 17.5. The lowest BCUT2D eigenvalue weighted by Gasteiger charge is -2.10. The number of carbonyl (C=O) groups is 1. The van der Waals surface area contributed by atoms with Crippen molar-refractivity contribution >= 4 is 23.2 Å². The van der Waals surface area contributed by atoms with Gasteiger partial charge >= 0.3 is 0 Å². The molecule has 0 atom stereocenters. The summed E-state index contributed by atoms with van der Waals surface area (Å²) in [5.74, 6) is 1.63. The van der Waals surface area contributed by atoms with Crippen LogP contribution in [0.1, 0.15) is 29.8 Å². The summed E-state index contributed by atoms with van der Waals surface area (Å²) in [4.78, 5) is 20.4. The van der Waals surface area contributed by atoms with Crippen LogP contribution in [0.4, 0.5) is 0 Å². The Kier molecular flexibility index (Phi) is 6.08. The molecule has 4 rings (SSSR count). The third-order valence-corrected chi connectivity index (χ3v) is 4.65. The van der Waals surface area contributed by atoms with E-state index in [-0.39, 0.29) is 5.91 Å². The minimum atomic E-state index is -0.297. The van der Waals surface area contributed by atoms with Crippen molar-refractivity contribution in [2.75, 3.05) is 6.61 Å². The highest BCUT2D eigenvalue weighted by atomic mass is 16.5. The highest BCUT2D eigenvalue weighted by Gasteiger charge is 2.10. The van der Waals surface area contributed by atoms with Gasteiger partial charge in [-0.3, -0.25) is 4.79 Å². The predicted molar refractivity (Wildman–Crippen MR) is 123 cm³/mol. The van der Waals surface area contributed by atoms with E-state index in [1.54, 1.807) is 18.3 Å². The second kappa shape index (κ2) is 9.26. The maximum Gasteiger partial charge on any atom is 0.271 e. The van der Waals surface area contributed by atoms with E-state index in [2.05, 4.69) is 34.3 Å². The number of benzene rings is 3. The minimum Gasteiger partial charge on any atom is -0.493 e. The molecule has 0 fully saturated rings. The van der Waals surface area contributed by atoms with Gasteiger partial charge in [0.1, 0.15) is 11.6 Å². The highest BCUT2D eigenvalue weighted by Crippen LogP contribution is 2.21. The van der Waals surface area contributed by atoms with Crippen LogP contribution in [0.3, 0.4) is 0 Å². The molecular formula is C25H24N4O2. The minimum absolute atomic E-state index is 0.297. The van der Waals surface area contributed by atoms with Crippen LogP contribution < -0.4 is 10.2 Å². The van der Waals surface area contributed by atoms with E-state index < -0.39 is 0 Å². The van der Waals surface area contributed by atoms with Gasteiger partial charge in [0, 0.05) is 16.7 Å². The zero-order chi connectivity index (χ0) is 21.6. The number of nitrogens with zero attached hydrogens (tertiary/aromatic N) is 2. The smallest absolute Gasteiger partial charge is 0.271 e. The van der Waals surface area contributed by atoms with Crippen molar-refractivity contribution in [1.29, 1.82) is 0 Å². The third kappa shape index (κ3) is 4.98. The Morgan fingerprint density at radius 1 is 1.10 bits per heavy atom. The summed E-state index contributed by atoms with van der Waals surface area (Å²) in [6.45, 7) is 4.80. The van der Waals surface area contributed by atoms with E-state index in [0.29, 0.717) is 18.1 Å². The van der Waals surface area contributed by atoms with E-state index in [1.807, 2.05) is 60.7 Å². The van der Waals surface area contributed by atoms with E-state index in [0.717, 1.165) is 33.7 Å². The molecule has 0 spiro atoms. The molecule has 0 saturated heterocycles. The van der Waals surface area contributed by atoms with Crippen LogP contribution in [0.25, 0.3) is 22.4 Å². The molecule has 0 saturated carbocycles. The first-order chi connectivity index (χ1) is 15.1. The molecule has 3 aromatic carbocycles. The number of H-pyrrole nitrogens is 1. The van der Waals surface area contributed by atoms with E-state index in [4.69, 9.17) is 4.74 Å². The lowest BCUT2D eigenvalue weighted by Crippen LogP contribution is -2.17. The summed E-state index contributed by atoms with van der Waals surface area (Å²) in [6.07, 6.45) is 1.59. The normalized spacial score (nSPS) is 11.3. The number of rotatable bonds is 7. The van der Waals surface area contributed by atoms with Crippen LogP contribution in [0.15, 0.2) is 77.9 Å². The SMILES string of the molecule is CC(C)COc1ccccc1/C=N/NC(=O)c1ccc2nc(-c3ccccc3)[nH]c2c1. The molecule has 4 aromatic rings. The lowest BCUT2D eigenvalue weighted by molar-refractivity contribution is 0.0955. The molecule has 1 heterocycles. The summed E-state index contributed by atoms with van der Waals surface area (Å²) < 4.78 is 5.81. The Morgan fingerprint density at radius 2 is 1.87 bits per heavy atom. The molecule has 1 amide bonds. The van der Waals surface area contributed by atoms with Gasteiger partial charge in [-0.2, -0.15) is 5.10 Å². The Labute approximate surface area is 181 Å². The van der Waals surface area contributed by atoms with Crippen LogP contribution in [0.2, 0.25) is 0 Å². The summed E-state index contributed by atoms with van der Waals surface area (Å²) in [5.41, 5.74) is 6.47. The highest BCUT2D eigenvalue weighted by molar-refractivity contribution is 5.98. The van der Waals surface area contributed by atoms with Crippen molar-refractivity contribution in [3.63, 3.8) is 0 Å². The van der Waals surface area contributed by atoms with Crippen molar-refractivity contribution in [2.45, 2.75) is 13.8 Å². The van der Waals surface area contributed by atoms with Gasteiger partial charge in [0.2, 0.25) is 0 Å². The largest absolute Gasteiger partial charge is 0.493 e. The van der Waals surface area contributed by atoms with Gasteiger partial charge < -0.3 is 9.72 Å². The number of ether oxygens (including phenoxy) is 1. The number of nitrogens with one attached hydrogen (secondary N) is 2. The zero-order valence-corrected chi connectivity index (χ0v) is 17.5. The van der Waals surface area contributed by atoms with Crippen LogP contribution >= 0.6 is 0 Å². The molecule has 2 N–H and O–H groups in total. The van der Waals surface area contributed by atoms with Crippen LogP contribution in [0, 0.1) is 5.92 Å². The number of hydrazone groups is 1. The molecule has 1 aromatic heterocycles. The summed E-state index contributed by atoms with van der Waals surface area (Å²) >= 11 is 0. The number of para-hydroxylation sites is 1. The van der Waals surface area contributed by atoms with Gasteiger partial charge in [-0.15, -0.1) is 0 Å². The predicted octanol–water partition coefficient (Wildman–Crippen LogP) is 5.03. The monoisotopic (exact) mass is 412 g/mol. The first kappa shape index (κ1) is 20.3. The first-order valence-electron chi connectivity index (χ1n) is 10.2. The maximum atomic E-state index is 12.6. The number of amides is 1. The standard InChI is InChI=1S/C25H24N4O2/c1-17(2)16-31-23-11-7-6-10-20(23)15-26-29-25(30)19-12-13-21-22(14-19)28-24(27-21)18-8-4-3-5-9-18/h3-15,17H,16H2,1-2H3,(H,27,28)(H,29,30)/b26-15+. The quantitative estimate of drug-likeness (QED) is 0.330. The van der Waals surface area contributed by atoms with Gasteiger partial charge in [-0.05, 0) is 36.2 Å². The summed E-state index contributed by atoms with van der Waals surface area (Å²) in [7, 11) is 0. The van der Waals surface area contributed by atoms with E-state index >= 15 is 0 Å². The molecular weight excluding hydrogens is 388 g/mol. The molecule has 0 aliphatic heterocycles. The van der Waals surface area contributed by atoms with E-state index in [1.165, 1.54) is 0 Å². The second-order valence-electron chi connectivity index (χ2n) is 7.63. The number of carbonyl (C=O) groups excluding carboxylic acids is 1. The van der Waals surface area contributed by atoms with Gasteiger partial charge in [0.25, 0.3) is 5.91 Å². The van der Waals surface area contributed by atoms with Gasteiger partial charge in [0.05, 0.1) is 23.9 Å².